The number of aromatic amines is 1. The molecule has 1 aromatic heterocycles. The van der Waals surface area contributed by atoms with Crippen molar-refractivity contribution in [1.29, 1.82) is 0 Å². The Kier molecular flexibility index (Phi) is 3.35. The first-order valence-corrected chi connectivity index (χ1v) is 7.88. The molecular weight excluding hydrogens is 298 g/mol. The summed E-state index contributed by atoms with van der Waals surface area (Å²) in [4.78, 5) is 15.5. The van der Waals surface area contributed by atoms with Gasteiger partial charge in [0, 0.05) is 16.3 Å². The van der Waals surface area contributed by atoms with Crippen LogP contribution in [0.4, 0.5) is 0 Å². The number of rotatable bonds is 2. The first kappa shape index (κ1) is 14.5. The molecule has 0 aliphatic rings. The van der Waals surface area contributed by atoms with Gasteiger partial charge in [0.1, 0.15) is 5.75 Å². The lowest BCUT2D eigenvalue weighted by Gasteiger charge is -2.16. The van der Waals surface area contributed by atoms with E-state index in [1.165, 1.54) is 0 Å². The third kappa shape index (κ3) is 2.09. The molecule has 0 aliphatic heterocycles. The van der Waals surface area contributed by atoms with E-state index in [2.05, 4.69) is 17.1 Å². The van der Waals surface area contributed by atoms with E-state index in [4.69, 9.17) is 4.74 Å². The van der Waals surface area contributed by atoms with Crippen LogP contribution in [0.25, 0.3) is 32.8 Å². The largest absolute Gasteiger partial charge is 0.496 e. The van der Waals surface area contributed by atoms with E-state index in [0.717, 1.165) is 38.7 Å². The fourth-order valence-corrected chi connectivity index (χ4v) is 3.35. The Morgan fingerprint density at radius 2 is 1.58 bits per heavy atom. The zero-order valence-corrected chi connectivity index (χ0v) is 13.6. The molecule has 0 saturated carbocycles. The minimum Gasteiger partial charge on any atom is -0.496 e. The molecule has 0 spiro atoms. The van der Waals surface area contributed by atoms with E-state index < -0.39 is 0 Å². The van der Waals surface area contributed by atoms with Crippen molar-refractivity contribution in [3.05, 3.63) is 76.6 Å². The molecule has 0 atom stereocenters. The molecule has 1 heterocycles. The summed E-state index contributed by atoms with van der Waals surface area (Å²) in [6.45, 7) is 1.99. The summed E-state index contributed by atoms with van der Waals surface area (Å²) in [5.74, 6) is 0.809. The average molecular weight is 315 g/mol. The number of aromatic nitrogens is 1. The highest BCUT2D eigenvalue weighted by Crippen LogP contribution is 2.40. The molecule has 3 heteroatoms. The number of methoxy groups -OCH3 is 1. The highest BCUT2D eigenvalue weighted by Gasteiger charge is 2.17. The monoisotopic (exact) mass is 315 g/mol. The second kappa shape index (κ2) is 5.53. The lowest BCUT2D eigenvalue weighted by molar-refractivity contribution is 0.416. The van der Waals surface area contributed by atoms with Gasteiger partial charge in [-0.3, -0.25) is 4.79 Å². The van der Waals surface area contributed by atoms with Crippen LogP contribution in [-0.2, 0) is 0 Å². The number of hydrogen-bond donors (Lipinski definition) is 1. The van der Waals surface area contributed by atoms with Gasteiger partial charge in [-0.1, -0.05) is 48.5 Å². The topological polar surface area (TPSA) is 42.1 Å². The number of hydrogen-bond acceptors (Lipinski definition) is 2. The fourth-order valence-electron chi connectivity index (χ4n) is 3.35. The summed E-state index contributed by atoms with van der Waals surface area (Å²) >= 11 is 0. The van der Waals surface area contributed by atoms with Crippen LogP contribution in [0.15, 0.2) is 65.5 Å². The SMILES string of the molecule is COc1cc(C)c2[nH]c(=O)c3ccccc3c2c1-c1ccccc1. The average Bonchev–Trinajstić information content (AvgIpc) is 2.63. The molecular formula is C21H17NO2. The summed E-state index contributed by atoms with van der Waals surface area (Å²) < 4.78 is 5.68. The highest BCUT2D eigenvalue weighted by atomic mass is 16.5. The molecule has 0 bridgehead atoms. The predicted octanol–water partition coefficient (Wildman–Crippen LogP) is 4.67. The Bertz CT molecular complexity index is 1110. The molecule has 118 valence electrons. The van der Waals surface area contributed by atoms with E-state index >= 15 is 0 Å². The third-order valence-corrected chi connectivity index (χ3v) is 4.45. The summed E-state index contributed by atoms with van der Waals surface area (Å²) in [6.07, 6.45) is 0. The van der Waals surface area contributed by atoms with E-state index in [1.54, 1.807) is 7.11 Å². The van der Waals surface area contributed by atoms with Gasteiger partial charge in [0.2, 0.25) is 0 Å². The van der Waals surface area contributed by atoms with Crippen molar-refractivity contribution < 1.29 is 4.74 Å². The van der Waals surface area contributed by atoms with Crippen molar-refractivity contribution in [1.82, 2.24) is 4.98 Å². The molecule has 1 N–H and O–H groups in total. The van der Waals surface area contributed by atoms with Gasteiger partial charge < -0.3 is 9.72 Å². The number of H-pyrrole nitrogens is 1. The van der Waals surface area contributed by atoms with Crippen LogP contribution in [-0.4, -0.2) is 12.1 Å². The van der Waals surface area contributed by atoms with E-state index in [-0.39, 0.29) is 5.56 Å². The number of benzene rings is 3. The molecule has 3 aromatic carbocycles. The maximum atomic E-state index is 12.5. The van der Waals surface area contributed by atoms with Gasteiger partial charge in [0.25, 0.3) is 5.56 Å². The van der Waals surface area contributed by atoms with Gasteiger partial charge in [-0.05, 0) is 35.6 Å². The second-order valence-corrected chi connectivity index (χ2v) is 5.89. The Hall–Kier alpha value is -3.07. The normalized spacial score (nSPS) is 11.1. The van der Waals surface area contributed by atoms with Crippen molar-refractivity contribution in [3.8, 4) is 16.9 Å². The highest BCUT2D eigenvalue weighted by molar-refractivity contribution is 6.14. The standard InChI is InChI=1S/C21H17NO2/c1-13-12-17(24-2)18(14-8-4-3-5-9-14)19-15-10-6-7-11-16(15)21(23)22-20(13)19/h3-12H,1-2H3,(H,22,23). The van der Waals surface area contributed by atoms with Crippen molar-refractivity contribution in [3.63, 3.8) is 0 Å². The van der Waals surface area contributed by atoms with E-state index in [9.17, 15) is 4.79 Å². The third-order valence-electron chi connectivity index (χ3n) is 4.45. The van der Waals surface area contributed by atoms with Crippen LogP contribution in [0.5, 0.6) is 5.75 Å². The summed E-state index contributed by atoms with van der Waals surface area (Å²) in [5, 5.41) is 2.65. The van der Waals surface area contributed by atoms with Crippen LogP contribution in [0, 0.1) is 6.92 Å². The summed E-state index contributed by atoms with van der Waals surface area (Å²) in [7, 11) is 1.68. The molecule has 24 heavy (non-hydrogen) atoms. The Balaban J connectivity index is 2.31. The van der Waals surface area contributed by atoms with Gasteiger partial charge in [-0.25, -0.2) is 0 Å². The molecule has 0 unspecified atom stereocenters. The first-order valence-electron chi connectivity index (χ1n) is 7.88. The van der Waals surface area contributed by atoms with Crippen molar-refractivity contribution in [2.75, 3.05) is 7.11 Å². The van der Waals surface area contributed by atoms with Crippen molar-refractivity contribution >= 4 is 21.7 Å². The molecule has 0 saturated heterocycles. The van der Waals surface area contributed by atoms with Crippen LogP contribution in [0.1, 0.15) is 5.56 Å². The van der Waals surface area contributed by atoms with Crippen LogP contribution in [0.3, 0.4) is 0 Å². The number of nitrogens with one attached hydrogen (secondary N) is 1. The maximum Gasteiger partial charge on any atom is 0.256 e. The molecule has 4 aromatic rings. The van der Waals surface area contributed by atoms with Crippen LogP contribution < -0.4 is 10.3 Å². The minimum absolute atomic E-state index is 0.0645. The van der Waals surface area contributed by atoms with Gasteiger partial charge in [0.15, 0.2) is 0 Å². The van der Waals surface area contributed by atoms with E-state index in [0.29, 0.717) is 5.39 Å². The molecule has 0 radical (unpaired) electrons. The maximum absolute atomic E-state index is 12.5. The Labute approximate surface area is 139 Å². The fraction of sp³-hybridized carbons (Fsp3) is 0.0952. The van der Waals surface area contributed by atoms with Gasteiger partial charge >= 0.3 is 0 Å². The summed E-state index contributed by atoms with van der Waals surface area (Å²) in [6, 6.07) is 19.8. The predicted molar refractivity (Wildman–Crippen MR) is 98.8 cm³/mol. The molecule has 0 fully saturated rings. The number of fused-ring (bicyclic) bond motifs is 3. The van der Waals surface area contributed by atoms with Gasteiger partial charge in [-0.2, -0.15) is 0 Å². The lowest BCUT2D eigenvalue weighted by Crippen LogP contribution is -2.08. The van der Waals surface area contributed by atoms with Gasteiger partial charge in [-0.15, -0.1) is 0 Å². The number of pyridine rings is 1. The second-order valence-electron chi connectivity index (χ2n) is 5.89. The zero-order valence-electron chi connectivity index (χ0n) is 13.6. The molecule has 0 amide bonds. The van der Waals surface area contributed by atoms with Crippen molar-refractivity contribution in [2.45, 2.75) is 6.92 Å². The smallest absolute Gasteiger partial charge is 0.256 e. The number of aryl methyl sites for hydroxylation is 1. The minimum atomic E-state index is -0.0645. The van der Waals surface area contributed by atoms with Crippen LogP contribution >= 0.6 is 0 Å². The van der Waals surface area contributed by atoms with Crippen LogP contribution in [0.2, 0.25) is 0 Å². The first-order chi connectivity index (χ1) is 11.7. The zero-order chi connectivity index (χ0) is 16.7. The molecule has 0 aliphatic carbocycles. The Morgan fingerprint density at radius 3 is 2.29 bits per heavy atom. The number of ether oxygens (including phenoxy) is 1. The quantitative estimate of drug-likeness (QED) is 0.546. The molecule has 4 rings (SSSR count). The lowest BCUT2D eigenvalue weighted by atomic mass is 9.93. The van der Waals surface area contributed by atoms with E-state index in [1.807, 2.05) is 55.5 Å². The van der Waals surface area contributed by atoms with Gasteiger partial charge in [0.05, 0.1) is 12.6 Å². The Morgan fingerprint density at radius 1 is 0.917 bits per heavy atom. The van der Waals surface area contributed by atoms with Crippen molar-refractivity contribution in [2.24, 2.45) is 0 Å². The summed E-state index contributed by atoms with van der Waals surface area (Å²) in [5.41, 5.74) is 3.86. The molecule has 3 nitrogen and oxygen atoms in total.